The van der Waals surface area contributed by atoms with Gasteiger partial charge in [-0.15, -0.1) is 11.3 Å². The zero-order valence-corrected chi connectivity index (χ0v) is 15.1. The van der Waals surface area contributed by atoms with Gasteiger partial charge in [0.2, 0.25) is 9.84 Å². The number of hydrogen-bond donors (Lipinski definition) is 1. The highest BCUT2D eigenvalue weighted by Gasteiger charge is 2.27. The van der Waals surface area contributed by atoms with Gasteiger partial charge in [-0.05, 0) is 42.6 Å². The molecule has 2 rings (SSSR count). The van der Waals surface area contributed by atoms with Crippen LogP contribution in [0.5, 0.6) is 0 Å². The Morgan fingerprint density at radius 3 is 2.38 bits per heavy atom. The lowest BCUT2D eigenvalue weighted by Gasteiger charge is -2.13. The zero-order chi connectivity index (χ0) is 19.3. The smallest absolute Gasteiger partial charge is 0.341 e. The first-order valence-electron chi connectivity index (χ1n) is 7.35. The van der Waals surface area contributed by atoms with Gasteiger partial charge in [-0.2, -0.15) is 8.78 Å². The summed E-state index contributed by atoms with van der Waals surface area (Å²) in [5, 5.41) is 4.48. The molecule has 0 fully saturated rings. The Labute approximate surface area is 152 Å². The van der Waals surface area contributed by atoms with Crippen molar-refractivity contribution in [2.24, 2.45) is 0 Å². The molecule has 0 bridgehead atoms. The van der Waals surface area contributed by atoms with Crippen molar-refractivity contribution in [1.29, 1.82) is 0 Å². The number of nitrogens with one attached hydrogen (secondary N) is 1. The maximum Gasteiger partial charge on any atom is 0.341 e. The van der Waals surface area contributed by atoms with E-state index in [9.17, 15) is 26.8 Å². The molecule has 1 heterocycles. The number of esters is 1. The average molecular weight is 403 g/mol. The summed E-state index contributed by atoms with van der Waals surface area (Å²) >= 11 is 1.47. The quantitative estimate of drug-likeness (QED) is 0.718. The van der Waals surface area contributed by atoms with Crippen molar-refractivity contribution in [3.05, 3.63) is 52.2 Å². The van der Waals surface area contributed by atoms with Gasteiger partial charge in [-0.3, -0.25) is 4.79 Å². The molecule has 0 saturated heterocycles. The number of carbonyl (C=O) groups is 2. The molecule has 2 aromatic rings. The van der Waals surface area contributed by atoms with Crippen LogP contribution in [0.2, 0.25) is 0 Å². The molecule has 0 radical (unpaired) electrons. The van der Waals surface area contributed by atoms with Gasteiger partial charge >= 0.3 is 11.7 Å². The molecule has 1 N–H and O–H groups in total. The fourth-order valence-electron chi connectivity index (χ4n) is 1.90. The summed E-state index contributed by atoms with van der Waals surface area (Å²) in [5.41, 5.74) is -0.0591. The van der Waals surface area contributed by atoms with Crippen molar-refractivity contribution < 1.29 is 31.5 Å². The van der Waals surface area contributed by atoms with E-state index >= 15 is 0 Å². The Bertz CT molecular complexity index is 865. The highest BCUT2D eigenvalue weighted by atomic mass is 32.2. The number of thiophene rings is 1. The van der Waals surface area contributed by atoms with Crippen LogP contribution >= 0.6 is 11.3 Å². The van der Waals surface area contributed by atoms with Crippen LogP contribution in [0.25, 0.3) is 0 Å². The van der Waals surface area contributed by atoms with Crippen LogP contribution in [0, 0.1) is 0 Å². The van der Waals surface area contributed by atoms with Crippen molar-refractivity contribution in [2.75, 3.05) is 0 Å². The second-order valence-corrected chi connectivity index (χ2v) is 8.12. The summed E-state index contributed by atoms with van der Waals surface area (Å²) in [4.78, 5) is 24.2. The average Bonchev–Trinajstić information content (AvgIpc) is 3.13. The Balaban J connectivity index is 1.95. The number of alkyl halides is 2. The molecular formula is C16H15F2NO5S2. The molecule has 1 amide bonds. The van der Waals surface area contributed by atoms with Crippen LogP contribution in [-0.2, 0) is 25.9 Å². The Morgan fingerprint density at radius 2 is 1.85 bits per heavy atom. The molecule has 0 saturated carbocycles. The molecule has 1 aromatic carbocycles. The molecule has 1 aromatic heterocycles. The second kappa shape index (κ2) is 8.37. The summed E-state index contributed by atoms with van der Waals surface area (Å²) < 4.78 is 52.6. The molecule has 26 heavy (non-hydrogen) atoms. The highest BCUT2D eigenvalue weighted by molar-refractivity contribution is 7.91. The Hall–Kier alpha value is -2.33. The molecule has 1 atom stereocenters. The largest absolute Gasteiger partial charge is 0.449 e. The van der Waals surface area contributed by atoms with Crippen molar-refractivity contribution in [3.8, 4) is 0 Å². The number of hydrogen-bond acceptors (Lipinski definition) is 6. The predicted octanol–water partition coefficient (Wildman–Crippen LogP) is 2.61. The van der Waals surface area contributed by atoms with Crippen LogP contribution in [0.1, 0.15) is 22.2 Å². The Kier molecular flexibility index (Phi) is 6.43. The molecule has 0 aliphatic heterocycles. The Morgan fingerprint density at radius 1 is 1.19 bits per heavy atom. The molecular weight excluding hydrogens is 388 g/mol. The van der Waals surface area contributed by atoms with Crippen LogP contribution in [-0.4, -0.2) is 32.2 Å². The SMILES string of the molecule is C[C@@H](OC(=O)c1ccc(S(=O)(=O)C(F)F)cc1)C(=O)NCc1cccs1. The minimum Gasteiger partial charge on any atom is -0.449 e. The maximum atomic E-state index is 12.5. The summed E-state index contributed by atoms with van der Waals surface area (Å²) in [5.74, 6) is -4.92. The van der Waals surface area contributed by atoms with Gasteiger partial charge in [0.1, 0.15) is 0 Å². The van der Waals surface area contributed by atoms with Crippen molar-refractivity contribution >= 4 is 33.1 Å². The van der Waals surface area contributed by atoms with E-state index in [0.717, 1.165) is 29.1 Å². The first-order valence-corrected chi connectivity index (χ1v) is 9.77. The first kappa shape index (κ1) is 20.0. The summed E-state index contributed by atoms with van der Waals surface area (Å²) in [6.45, 7) is 1.69. The molecule has 140 valence electrons. The van der Waals surface area contributed by atoms with Gasteiger partial charge in [0, 0.05) is 4.88 Å². The number of halogens is 2. The van der Waals surface area contributed by atoms with E-state index in [-0.39, 0.29) is 5.56 Å². The van der Waals surface area contributed by atoms with Gasteiger partial charge in [0.05, 0.1) is 17.0 Å². The third-order valence-corrected chi connectivity index (χ3v) is 5.60. The minimum absolute atomic E-state index is 0.0591. The molecule has 0 spiro atoms. The third kappa shape index (κ3) is 4.85. The van der Waals surface area contributed by atoms with Crippen LogP contribution < -0.4 is 5.32 Å². The zero-order valence-electron chi connectivity index (χ0n) is 13.5. The summed E-state index contributed by atoms with van der Waals surface area (Å²) in [6, 6.07) is 7.56. The van der Waals surface area contributed by atoms with Crippen molar-refractivity contribution in [1.82, 2.24) is 5.32 Å². The lowest BCUT2D eigenvalue weighted by atomic mass is 10.2. The highest BCUT2D eigenvalue weighted by Crippen LogP contribution is 2.19. The van der Waals surface area contributed by atoms with E-state index in [1.54, 1.807) is 0 Å². The number of rotatable bonds is 7. The van der Waals surface area contributed by atoms with E-state index in [1.807, 2.05) is 17.5 Å². The van der Waals surface area contributed by atoms with E-state index in [4.69, 9.17) is 4.74 Å². The number of amides is 1. The monoisotopic (exact) mass is 403 g/mol. The lowest BCUT2D eigenvalue weighted by Crippen LogP contribution is -2.35. The lowest BCUT2D eigenvalue weighted by molar-refractivity contribution is -0.129. The minimum atomic E-state index is -4.73. The number of sulfone groups is 1. The molecule has 0 unspecified atom stereocenters. The van der Waals surface area contributed by atoms with Gasteiger partial charge in [0.15, 0.2) is 6.10 Å². The van der Waals surface area contributed by atoms with Gasteiger partial charge in [0.25, 0.3) is 5.91 Å². The van der Waals surface area contributed by atoms with E-state index in [2.05, 4.69) is 5.32 Å². The van der Waals surface area contributed by atoms with E-state index < -0.39 is 38.5 Å². The predicted molar refractivity (Wildman–Crippen MR) is 90.7 cm³/mol. The van der Waals surface area contributed by atoms with Crippen LogP contribution in [0.4, 0.5) is 8.78 Å². The van der Waals surface area contributed by atoms with Gasteiger partial charge in [-0.25, -0.2) is 13.2 Å². The first-order chi connectivity index (χ1) is 12.2. The third-order valence-electron chi connectivity index (χ3n) is 3.32. The fourth-order valence-corrected chi connectivity index (χ4v) is 3.26. The summed E-state index contributed by atoms with van der Waals surface area (Å²) in [7, 11) is -4.73. The van der Waals surface area contributed by atoms with Crippen LogP contribution in [0.15, 0.2) is 46.7 Å². The topological polar surface area (TPSA) is 89.5 Å². The molecule has 0 aliphatic carbocycles. The number of carbonyl (C=O) groups excluding carboxylic acids is 2. The standard InChI is InChI=1S/C16H15F2NO5S2/c1-10(14(20)19-9-12-3-2-8-25-12)24-15(21)11-4-6-13(7-5-11)26(22,23)16(17)18/h2-8,10,16H,9H2,1H3,(H,19,20)/t10-/m1/s1. The van der Waals surface area contributed by atoms with Crippen molar-refractivity contribution in [2.45, 2.75) is 30.2 Å². The van der Waals surface area contributed by atoms with E-state index in [1.165, 1.54) is 18.3 Å². The molecule has 6 nitrogen and oxygen atoms in total. The molecule has 10 heteroatoms. The summed E-state index contributed by atoms with van der Waals surface area (Å²) in [6.07, 6.45) is -1.08. The molecule has 0 aliphatic rings. The number of benzene rings is 1. The van der Waals surface area contributed by atoms with Gasteiger partial charge in [-0.1, -0.05) is 6.07 Å². The number of ether oxygens (including phenoxy) is 1. The van der Waals surface area contributed by atoms with Crippen LogP contribution in [0.3, 0.4) is 0 Å². The van der Waals surface area contributed by atoms with E-state index in [0.29, 0.717) is 6.54 Å². The second-order valence-electron chi connectivity index (χ2n) is 5.17. The normalized spacial score (nSPS) is 12.6. The van der Waals surface area contributed by atoms with Crippen molar-refractivity contribution in [3.63, 3.8) is 0 Å². The van der Waals surface area contributed by atoms with Gasteiger partial charge < -0.3 is 10.1 Å². The fraction of sp³-hybridized carbons (Fsp3) is 0.250. The maximum absolute atomic E-state index is 12.5.